The number of fused-ring (bicyclic) bond motifs is 1. The third kappa shape index (κ3) is 2.27. The Bertz CT molecular complexity index is 711. The molecule has 2 N–H and O–H groups in total. The Labute approximate surface area is 119 Å². The summed E-state index contributed by atoms with van der Waals surface area (Å²) < 4.78 is 2.31. The molecule has 3 rings (SSSR count). The lowest BCUT2D eigenvalue weighted by Crippen LogP contribution is -2.00. The van der Waals surface area contributed by atoms with Crippen LogP contribution in [-0.2, 0) is 6.54 Å². The van der Waals surface area contributed by atoms with Crippen molar-refractivity contribution in [3.8, 4) is 11.4 Å². The van der Waals surface area contributed by atoms with E-state index >= 15 is 0 Å². The molecule has 20 heavy (non-hydrogen) atoms. The molecule has 0 atom stereocenters. The van der Waals surface area contributed by atoms with Crippen LogP contribution in [0.3, 0.4) is 0 Å². The molecule has 0 unspecified atom stereocenters. The van der Waals surface area contributed by atoms with Crippen LogP contribution in [0.2, 0.25) is 0 Å². The lowest BCUT2D eigenvalue weighted by atomic mass is 10.2. The second kappa shape index (κ2) is 5.37. The number of hydrogen-bond acceptors (Lipinski definition) is 2. The van der Waals surface area contributed by atoms with E-state index in [0.717, 1.165) is 35.6 Å². The minimum Gasteiger partial charge on any atom is -0.399 e. The first-order chi connectivity index (χ1) is 9.79. The Kier molecular flexibility index (Phi) is 3.42. The molecule has 2 aromatic carbocycles. The first-order valence-electron chi connectivity index (χ1n) is 7.11. The predicted molar refractivity (Wildman–Crippen MR) is 84.5 cm³/mol. The van der Waals surface area contributed by atoms with E-state index in [1.807, 2.05) is 30.3 Å². The fourth-order valence-corrected chi connectivity index (χ4v) is 2.47. The maximum atomic E-state index is 5.77. The van der Waals surface area contributed by atoms with E-state index in [2.05, 4.69) is 29.7 Å². The molecule has 1 heterocycles. The van der Waals surface area contributed by atoms with E-state index in [1.165, 1.54) is 11.9 Å². The Morgan fingerprint density at radius 2 is 1.80 bits per heavy atom. The molecule has 3 nitrogen and oxygen atoms in total. The molecule has 3 aromatic rings. The molecule has 3 heteroatoms. The first kappa shape index (κ1) is 12.7. The van der Waals surface area contributed by atoms with Crippen LogP contribution in [0.1, 0.15) is 19.8 Å². The van der Waals surface area contributed by atoms with E-state index in [4.69, 9.17) is 10.7 Å². The van der Waals surface area contributed by atoms with Crippen LogP contribution in [0.4, 0.5) is 5.69 Å². The number of nitrogen functional groups attached to an aromatic ring is 1. The lowest BCUT2D eigenvalue weighted by molar-refractivity contribution is 0.651. The number of benzene rings is 2. The largest absolute Gasteiger partial charge is 0.399 e. The Morgan fingerprint density at radius 1 is 1.05 bits per heavy atom. The van der Waals surface area contributed by atoms with Gasteiger partial charge >= 0.3 is 0 Å². The topological polar surface area (TPSA) is 43.8 Å². The Hall–Kier alpha value is -2.29. The SMILES string of the molecule is CCCCn1c(-c2ccc(N)cc2)nc2ccccc21. The monoisotopic (exact) mass is 265 g/mol. The number of aromatic nitrogens is 2. The van der Waals surface area contributed by atoms with Crippen LogP contribution in [0.25, 0.3) is 22.4 Å². The highest BCUT2D eigenvalue weighted by Crippen LogP contribution is 2.25. The third-order valence-electron chi connectivity index (χ3n) is 3.56. The van der Waals surface area contributed by atoms with Crippen molar-refractivity contribution in [2.75, 3.05) is 5.73 Å². The van der Waals surface area contributed by atoms with E-state index in [9.17, 15) is 0 Å². The molecule has 102 valence electrons. The summed E-state index contributed by atoms with van der Waals surface area (Å²) in [7, 11) is 0. The Morgan fingerprint density at radius 3 is 2.55 bits per heavy atom. The summed E-state index contributed by atoms with van der Waals surface area (Å²) in [6, 6.07) is 16.2. The zero-order valence-electron chi connectivity index (χ0n) is 11.7. The summed E-state index contributed by atoms with van der Waals surface area (Å²) in [6.07, 6.45) is 2.33. The smallest absolute Gasteiger partial charge is 0.141 e. The van der Waals surface area contributed by atoms with Crippen molar-refractivity contribution in [2.45, 2.75) is 26.3 Å². The summed E-state index contributed by atoms with van der Waals surface area (Å²) in [5, 5.41) is 0. The number of rotatable bonds is 4. The molecule has 0 spiro atoms. The van der Waals surface area contributed by atoms with Gasteiger partial charge < -0.3 is 10.3 Å². The van der Waals surface area contributed by atoms with Gasteiger partial charge in [0.25, 0.3) is 0 Å². The lowest BCUT2D eigenvalue weighted by Gasteiger charge is -2.08. The number of aryl methyl sites for hydroxylation is 1. The van der Waals surface area contributed by atoms with E-state index < -0.39 is 0 Å². The van der Waals surface area contributed by atoms with Crippen molar-refractivity contribution in [1.29, 1.82) is 0 Å². The number of imidazole rings is 1. The number of para-hydroxylation sites is 2. The molecule has 0 amide bonds. The highest BCUT2D eigenvalue weighted by atomic mass is 15.1. The van der Waals surface area contributed by atoms with Crippen LogP contribution in [0.5, 0.6) is 0 Å². The Balaban J connectivity index is 2.15. The zero-order valence-corrected chi connectivity index (χ0v) is 11.7. The van der Waals surface area contributed by atoms with Gasteiger partial charge in [0.15, 0.2) is 0 Å². The van der Waals surface area contributed by atoms with Gasteiger partial charge in [-0.3, -0.25) is 0 Å². The predicted octanol–water partition coefficient (Wildman–Crippen LogP) is 4.09. The molecular weight excluding hydrogens is 246 g/mol. The average Bonchev–Trinajstić information content (AvgIpc) is 2.84. The molecule has 0 aliphatic carbocycles. The molecule has 0 aliphatic heterocycles. The van der Waals surface area contributed by atoms with Crippen LogP contribution < -0.4 is 5.73 Å². The standard InChI is InChI=1S/C17H19N3/c1-2-3-12-20-16-7-5-4-6-15(16)19-17(20)13-8-10-14(18)11-9-13/h4-11H,2-3,12,18H2,1H3. The fourth-order valence-electron chi connectivity index (χ4n) is 2.47. The highest BCUT2D eigenvalue weighted by molar-refractivity contribution is 5.80. The summed E-state index contributed by atoms with van der Waals surface area (Å²) in [5.74, 6) is 1.03. The van der Waals surface area contributed by atoms with Crippen molar-refractivity contribution >= 4 is 16.7 Å². The molecule has 0 fully saturated rings. The van der Waals surface area contributed by atoms with Gasteiger partial charge in [0.1, 0.15) is 5.82 Å². The number of nitrogens with zero attached hydrogens (tertiary/aromatic N) is 2. The van der Waals surface area contributed by atoms with Gasteiger partial charge in [-0.15, -0.1) is 0 Å². The molecule has 1 aromatic heterocycles. The first-order valence-corrected chi connectivity index (χ1v) is 7.11. The molecular formula is C17H19N3. The maximum Gasteiger partial charge on any atom is 0.141 e. The number of unbranched alkanes of at least 4 members (excludes halogenated alkanes) is 1. The normalized spacial score (nSPS) is 11.1. The van der Waals surface area contributed by atoms with Crippen LogP contribution >= 0.6 is 0 Å². The second-order valence-corrected chi connectivity index (χ2v) is 5.05. The third-order valence-corrected chi connectivity index (χ3v) is 3.56. The van der Waals surface area contributed by atoms with Crippen molar-refractivity contribution in [3.63, 3.8) is 0 Å². The van der Waals surface area contributed by atoms with Crippen LogP contribution in [0, 0.1) is 0 Å². The van der Waals surface area contributed by atoms with E-state index in [-0.39, 0.29) is 0 Å². The number of anilines is 1. The van der Waals surface area contributed by atoms with E-state index in [1.54, 1.807) is 0 Å². The van der Waals surface area contributed by atoms with Crippen molar-refractivity contribution in [3.05, 3.63) is 48.5 Å². The zero-order chi connectivity index (χ0) is 13.9. The van der Waals surface area contributed by atoms with Gasteiger partial charge in [-0.1, -0.05) is 25.5 Å². The van der Waals surface area contributed by atoms with Gasteiger partial charge in [0.2, 0.25) is 0 Å². The van der Waals surface area contributed by atoms with Gasteiger partial charge in [-0.25, -0.2) is 4.98 Å². The van der Waals surface area contributed by atoms with Gasteiger partial charge in [-0.2, -0.15) is 0 Å². The highest BCUT2D eigenvalue weighted by Gasteiger charge is 2.11. The van der Waals surface area contributed by atoms with Crippen molar-refractivity contribution in [1.82, 2.24) is 9.55 Å². The average molecular weight is 265 g/mol. The van der Waals surface area contributed by atoms with Crippen LogP contribution in [-0.4, -0.2) is 9.55 Å². The molecule has 0 bridgehead atoms. The fraction of sp³-hybridized carbons (Fsp3) is 0.235. The van der Waals surface area contributed by atoms with Crippen molar-refractivity contribution in [2.24, 2.45) is 0 Å². The second-order valence-electron chi connectivity index (χ2n) is 5.05. The molecule has 0 saturated heterocycles. The molecule has 0 radical (unpaired) electrons. The summed E-state index contributed by atoms with van der Waals surface area (Å²) >= 11 is 0. The maximum absolute atomic E-state index is 5.77. The minimum atomic E-state index is 0.782. The quantitative estimate of drug-likeness (QED) is 0.722. The molecule has 0 aliphatic rings. The van der Waals surface area contributed by atoms with Gasteiger partial charge in [-0.05, 0) is 42.8 Å². The van der Waals surface area contributed by atoms with Gasteiger partial charge in [0.05, 0.1) is 11.0 Å². The van der Waals surface area contributed by atoms with Crippen molar-refractivity contribution < 1.29 is 0 Å². The number of hydrogen-bond donors (Lipinski definition) is 1. The van der Waals surface area contributed by atoms with E-state index in [0.29, 0.717) is 0 Å². The van der Waals surface area contributed by atoms with Gasteiger partial charge in [0, 0.05) is 17.8 Å². The van der Waals surface area contributed by atoms with Crippen LogP contribution in [0.15, 0.2) is 48.5 Å². The summed E-state index contributed by atoms with van der Waals surface area (Å²) in [6.45, 7) is 3.21. The summed E-state index contributed by atoms with van der Waals surface area (Å²) in [5.41, 5.74) is 9.92. The minimum absolute atomic E-state index is 0.782. The molecule has 0 saturated carbocycles. The number of nitrogens with two attached hydrogens (primary N) is 1. The summed E-state index contributed by atoms with van der Waals surface area (Å²) in [4.78, 5) is 4.79.